The van der Waals surface area contributed by atoms with E-state index in [1.54, 1.807) is 0 Å². The van der Waals surface area contributed by atoms with Gasteiger partial charge in [0.2, 0.25) is 0 Å². The highest BCUT2D eigenvalue weighted by atomic mass is 16.5. The fourth-order valence-electron chi connectivity index (χ4n) is 3.58. The molecule has 3 nitrogen and oxygen atoms in total. The Balaban J connectivity index is 1.84. The molecule has 0 aromatic heterocycles. The minimum absolute atomic E-state index is 0.273. The average Bonchev–Trinajstić information content (AvgIpc) is 2.79. The second kappa shape index (κ2) is 6.88. The van der Waals surface area contributed by atoms with Gasteiger partial charge >= 0.3 is 0 Å². The van der Waals surface area contributed by atoms with Crippen LogP contribution in [0, 0.1) is 0 Å². The summed E-state index contributed by atoms with van der Waals surface area (Å²) in [6.45, 7) is 2.92. The normalized spacial score (nSPS) is 28.5. The highest BCUT2D eigenvalue weighted by Crippen LogP contribution is 2.31. The Kier molecular flexibility index (Phi) is 5.46. The van der Waals surface area contributed by atoms with Gasteiger partial charge in [-0.1, -0.05) is 25.7 Å². The largest absolute Gasteiger partial charge is 0.378 e. The van der Waals surface area contributed by atoms with Gasteiger partial charge in [-0.2, -0.15) is 0 Å². The van der Waals surface area contributed by atoms with Gasteiger partial charge in [-0.3, -0.25) is 4.90 Å². The van der Waals surface area contributed by atoms with Crippen LogP contribution in [0.15, 0.2) is 0 Å². The number of ether oxygens (including phenoxy) is 1. The van der Waals surface area contributed by atoms with Gasteiger partial charge < -0.3 is 10.5 Å². The van der Waals surface area contributed by atoms with Gasteiger partial charge in [0.25, 0.3) is 0 Å². The standard InChI is InChI=1S/C15H30N2O/c1-17(11-8-14-7-6-12-18-14)15(13-16)9-4-2-3-5-10-15/h14H,2-13,16H2,1H3. The molecule has 1 aliphatic heterocycles. The van der Waals surface area contributed by atoms with Crippen molar-refractivity contribution in [3.05, 3.63) is 0 Å². The van der Waals surface area contributed by atoms with E-state index in [1.807, 2.05) is 0 Å². The van der Waals surface area contributed by atoms with Gasteiger partial charge in [0, 0.05) is 25.2 Å². The summed E-state index contributed by atoms with van der Waals surface area (Å²) in [5, 5.41) is 0. The zero-order valence-corrected chi connectivity index (χ0v) is 12.0. The van der Waals surface area contributed by atoms with Crippen LogP contribution in [0.5, 0.6) is 0 Å². The van der Waals surface area contributed by atoms with Crippen molar-refractivity contribution in [3.8, 4) is 0 Å². The first-order chi connectivity index (χ1) is 8.77. The smallest absolute Gasteiger partial charge is 0.0588 e. The Morgan fingerprint density at radius 1 is 1.17 bits per heavy atom. The van der Waals surface area contributed by atoms with Crippen molar-refractivity contribution < 1.29 is 4.74 Å². The van der Waals surface area contributed by atoms with Crippen LogP contribution in [0.2, 0.25) is 0 Å². The van der Waals surface area contributed by atoms with Gasteiger partial charge in [0.15, 0.2) is 0 Å². The summed E-state index contributed by atoms with van der Waals surface area (Å²) in [6.07, 6.45) is 12.2. The van der Waals surface area contributed by atoms with Crippen molar-refractivity contribution in [2.45, 2.75) is 69.4 Å². The van der Waals surface area contributed by atoms with Crippen LogP contribution >= 0.6 is 0 Å². The Bertz CT molecular complexity index is 231. The zero-order chi connectivity index (χ0) is 12.8. The molecule has 3 heteroatoms. The lowest BCUT2D eigenvalue weighted by molar-refractivity contribution is 0.0624. The molecule has 0 spiro atoms. The Morgan fingerprint density at radius 2 is 1.89 bits per heavy atom. The molecule has 0 amide bonds. The maximum atomic E-state index is 6.12. The van der Waals surface area contributed by atoms with Gasteiger partial charge in [-0.25, -0.2) is 0 Å². The maximum absolute atomic E-state index is 6.12. The van der Waals surface area contributed by atoms with Crippen LogP contribution in [0.25, 0.3) is 0 Å². The maximum Gasteiger partial charge on any atom is 0.0588 e. The number of nitrogens with two attached hydrogens (primary N) is 1. The Morgan fingerprint density at radius 3 is 2.44 bits per heavy atom. The first-order valence-electron chi connectivity index (χ1n) is 7.80. The third-order valence-corrected chi connectivity index (χ3v) is 5.03. The van der Waals surface area contributed by atoms with E-state index in [4.69, 9.17) is 10.5 Å². The molecule has 1 saturated carbocycles. The van der Waals surface area contributed by atoms with E-state index < -0.39 is 0 Å². The highest BCUT2D eigenvalue weighted by molar-refractivity contribution is 4.92. The number of nitrogens with zero attached hydrogens (tertiary/aromatic N) is 1. The van der Waals surface area contributed by atoms with Crippen LogP contribution in [0.4, 0.5) is 0 Å². The van der Waals surface area contributed by atoms with Crippen LogP contribution < -0.4 is 5.73 Å². The predicted octanol–water partition coefficient (Wildman–Crippen LogP) is 2.54. The molecule has 0 aromatic carbocycles. The molecule has 1 atom stereocenters. The molecule has 1 unspecified atom stereocenters. The predicted molar refractivity (Wildman–Crippen MR) is 75.7 cm³/mol. The summed E-state index contributed by atoms with van der Waals surface area (Å²) in [5.74, 6) is 0. The molecule has 2 rings (SSSR count). The molecule has 1 heterocycles. The molecule has 106 valence electrons. The van der Waals surface area contributed by atoms with Crippen molar-refractivity contribution in [2.24, 2.45) is 5.73 Å². The van der Waals surface area contributed by atoms with E-state index in [-0.39, 0.29) is 5.54 Å². The third-order valence-electron chi connectivity index (χ3n) is 5.03. The minimum atomic E-state index is 0.273. The Labute approximate surface area is 112 Å². The van der Waals surface area contributed by atoms with E-state index in [0.717, 1.165) is 19.7 Å². The van der Waals surface area contributed by atoms with Crippen molar-refractivity contribution in [2.75, 3.05) is 26.7 Å². The minimum Gasteiger partial charge on any atom is -0.378 e. The van der Waals surface area contributed by atoms with Crippen LogP contribution in [-0.4, -0.2) is 43.3 Å². The van der Waals surface area contributed by atoms with Crippen molar-refractivity contribution in [3.63, 3.8) is 0 Å². The van der Waals surface area contributed by atoms with Crippen LogP contribution in [-0.2, 0) is 4.74 Å². The van der Waals surface area contributed by atoms with E-state index in [1.165, 1.54) is 57.8 Å². The molecule has 1 aliphatic carbocycles. The van der Waals surface area contributed by atoms with Gasteiger partial charge in [0.05, 0.1) is 6.10 Å². The third kappa shape index (κ3) is 3.46. The van der Waals surface area contributed by atoms with E-state index in [9.17, 15) is 0 Å². The number of hydrogen-bond acceptors (Lipinski definition) is 3. The SMILES string of the molecule is CN(CCC1CCCO1)C1(CN)CCCCCC1. The van der Waals surface area contributed by atoms with Gasteiger partial charge in [-0.05, 0) is 39.2 Å². The number of hydrogen-bond donors (Lipinski definition) is 1. The van der Waals surface area contributed by atoms with E-state index >= 15 is 0 Å². The van der Waals surface area contributed by atoms with Crippen molar-refractivity contribution in [1.82, 2.24) is 4.90 Å². The number of rotatable bonds is 5. The molecule has 18 heavy (non-hydrogen) atoms. The van der Waals surface area contributed by atoms with Crippen molar-refractivity contribution in [1.29, 1.82) is 0 Å². The second-order valence-electron chi connectivity index (χ2n) is 6.19. The molecular weight excluding hydrogens is 224 g/mol. The summed E-state index contributed by atoms with van der Waals surface area (Å²) < 4.78 is 5.72. The molecule has 0 bridgehead atoms. The van der Waals surface area contributed by atoms with Crippen LogP contribution in [0.1, 0.15) is 57.8 Å². The lowest BCUT2D eigenvalue weighted by Crippen LogP contribution is -2.52. The molecule has 0 radical (unpaired) electrons. The van der Waals surface area contributed by atoms with E-state index in [0.29, 0.717) is 6.10 Å². The number of likely N-dealkylation sites (N-methyl/N-ethyl adjacent to an activating group) is 1. The summed E-state index contributed by atoms with van der Waals surface area (Å²) in [6, 6.07) is 0. The van der Waals surface area contributed by atoms with Crippen molar-refractivity contribution >= 4 is 0 Å². The lowest BCUT2D eigenvalue weighted by atomic mass is 9.88. The molecule has 2 N–H and O–H groups in total. The summed E-state index contributed by atoms with van der Waals surface area (Å²) in [7, 11) is 2.27. The van der Waals surface area contributed by atoms with Gasteiger partial charge in [-0.15, -0.1) is 0 Å². The summed E-state index contributed by atoms with van der Waals surface area (Å²) >= 11 is 0. The quantitative estimate of drug-likeness (QED) is 0.766. The second-order valence-corrected chi connectivity index (χ2v) is 6.19. The zero-order valence-electron chi connectivity index (χ0n) is 12.0. The van der Waals surface area contributed by atoms with E-state index in [2.05, 4.69) is 11.9 Å². The molecule has 1 saturated heterocycles. The summed E-state index contributed by atoms with van der Waals surface area (Å²) in [5.41, 5.74) is 6.39. The molecule has 0 aromatic rings. The molecule has 2 fully saturated rings. The highest BCUT2D eigenvalue weighted by Gasteiger charge is 2.33. The summed E-state index contributed by atoms with van der Waals surface area (Å²) in [4.78, 5) is 2.54. The van der Waals surface area contributed by atoms with Crippen LogP contribution in [0.3, 0.4) is 0 Å². The molecular formula is C15H30N2O. The first-order valence-corrected chi connectivity index (χ1v) is 7.80. The first kappa shape index (κ1) is 14.3. The monoisotopic (exact) mass is 254 g/mol. The van der Waals surface area contributed by atoms with Gasteiger partial charge in [0.1, 0.15) is 0 Å². The lowest BCUT2D eigenvalue weighted by Gasteiger charge is -2.41. The Hall–Kier alpha value is -0.120. The fraction of sp³-hybridized carbons (Fsp3) is 1.00. The fourth-order valence-corrected chi connectivity index (χ4v) is 3.58. The topological polar surface area (TPSA) is 38.5 Å². The average molecular weight is 254 g/mol. The molecule has 2 aliphatic rings.